The van der Waals surface area contributed by atoms with Crippen LogP contribution in [0.25, 0.3) is 22.4 Å². The fourth-order valence-corrected chi connectivity index (χ4v) is 3.22. The molecule has 3 aromatic heterocycles. The summed E-state index contributed by atoms with van der Waals surface area (Å²) >= 11 is 0. The van der Waals surface area contributed by atoms with Crippen molar-refractivity contribution in [2.24, 2.45) is 0 Å². The molecule has 0 bridgehead atoms. The zero-order chi connectivity index (χ0) is 20.3. The third-order valence-electron chi connectivity index (χ3n) is 4.57. The number of hydrogen-bond donors (Lipinski definition) is 3. The lowest BCUT2D eigenvalue weighted by atomic mass is 10.1. The average molecular weight is 397 g/mol. The predicted molar refractivity (Wildman–Crippen MR) is 115 cm³/mol. The van der Waals surface area contributed by atoms with E-state index >= 15 is 0 Å². The highest BCUT2D eigenvalue weighted by Gasteiger charge is 2.07. The summed E-state index contributed by atoms with van der Waals surface area (Å²) in [5, 5.41) is 6.57. The van der Waals surface area contributed by atoms with E-state index in [1.807, 2.05) is 61.5 Å². The molecule has 0 aliphatic rings. The fourth-order valence-electron chi connectivity index (χ4n) is 3.22. The highest BCUT2D eigenvalue weighted by molar-refractivity contribution is 5.74. The molecule has 8 nitrogen and oxygen atoms in total. The van der Waals surface area contributed by atoms with Crippen LogP contribution in [0.4, 0.5) is 17.5 Å². The van der Waals surface area contributed by atoms with E-state index < -0.39 is 0 Å². The van der Waals surface area contributed by atoms with Crippen LogP contribution in [-0.4, -0.2) is 24.9 Å². The van der Waals surface area contributed by atoms with E-state index in [4.69, 9.17) is 4.42 Å². The molecule has 148 valence electrons. The van der Waals surface area contributed by atoms with Crippen LogP contribution in [0.15, 0.2) is 71.6 Å². The van der Waals surface area contributed by atoms with Crippen molar-refractivity contribution in [2.75, 3.05) is 10.6 Å². The third kappa shape index (κ3) is 3.83. The minimum Gasteiger partial charge on any atom is -0.444 e. The molecule has 0 unspecified atom stereocenters. The largest absolute Gasteiger partial charge is 0.444 e. The van der Waals surface area contributed by atoms with Gasteiger partial charge in [-0.05, 0) is 31.2 Å². The van der Waals surface area contributed by atoms with Gasteiger partial charge >= 0.3 is 0 Å². The molecule has 8 heteroatoms. The average Bonchev–Trinajstić information content (AvgIpc) is 3.42. The molecule has 0 spiro atoms. The lowest BCUT2D eigenvalue weighted by Gasteiger charge is -2.10. The molecule has 5 aromatic rings. The highest BCUT2D eigenvalue weighted by atomic mass is 16.3. The lowest BCUT2D eigenvalue weighted by molar-refractivity contribution is 0.572. The van der Waals surface area contributed by atoms with Crippen LogP contribution in [0, 0.1) is 6.92 Å². The lowest BCUT2D eigenvalue weighted by Crippen LogP contribution is -2.06. The van der Waals surface area contributed by atoms with Crippen LogP contribution in [0.1, 0.15) is 11.5 Å². The summed E-state index contributed by atoms with van der Waals surface area (Å²) in [5.74, 6) is 2.78. The van der Waals surface area contributed by atoms with Gasteiger partial charge in [0.05, 0.1) is 23.8 Å². The van der Waals surface area contributed by atoms with E-state index in [0.29, 0.717) is 18.3 Å². The second-order valence-electron chi connectivity index (χ2n) is 6.84. The number of rotatable bonds is 6. The molecule has 0 aliphatic heterocycles. The molecule has 0 fully saturated rings. The Morgan fingerprint density at radius 3 is 2.80 bits per heavy atom. The first-order chi connectivity index (χ1) is 14.7. The van der Waals surface area contributed by atoms with Crippen LogP contribution in [0.5, 0.6) is 0 Å². The quantitative estimate of drug-likeness (QED) is 0.382. The number of anilines is 3. The van der Waals surface area contributed by atoms with Gasteiger partial charge in [0.25, 0.3) is 0 Å². The van der Waals surface area contributed by atoms with Gasteiger partial charge in [-0.1, -0.05) is 24.3 Å². The SMILES string of the molecule is Cc1cc(NCc2nc3ccccc3[nH]2)nc(Nc2cccc(-c3cnco3)c2)n1. The molecule has 3 heterocycles. The van der Waals surface area contributed by atoms with Gasteiger partial charge in [0, 0.05) is 23.0 Å². The van der Waals surface area contributed by atoms with E-state index in [2.05, 4.69) is 35.6 Å². The monoisotopic (exact) mass is 397 g/mol. The summed E-state index contributed by atoms with van der Waals surface area (Å²) in [5.41, 5.74) is 4.60. The summed E-state index contributed by atoms with van der Waals surface area (Å²) in [6.07, 6.45) is 3.10. The molecule has 3 N–H and O–H groups in total. The van der Waals surface area contributed by atoms with Gasteiger partial charge in [-0.3, -0.25) is 0 Å². The van der Waals surface area contributed by atoms with Crippen LogP contribution in [0.2, 0.25) is 0 Å². The van der Waals surface area contributed by atoms with Gasteiger partial charge in [-0.2, -0.15) is 4.98 Å². The van der Waals surface area contributed by atoms with Crippen LogP contribution in [-0.2, 0) is 6.54 Å². The summed E-state index contributed by atoms with van der Waals surface area (Å²) in [6.45, 7) is 2.47. The Kier molecular flexibility index (Phi) is 4.57. The van der Waals surface area contributed by atoms with E-state index in [0.717, 1.165) is 39.6 Å². The van der Waals surface area contributed by atoms with E-state index in [9.17, 15) is 0 Å². The van der Waals surface area contributed by atoms with Crippen molar-refractivity contribution >= 4 is 28.5 Å². The number of benzene rings is 2. The molecule has 0 aliphatic carbocycles. The Balaban J connectivity index is 1.33. The van der Waals surface area contributed by atoms with Gasteiger partial charge in [0.2, 0.25) is 5.95 Å². The van der Waals surface area contributed by atoms with Gasteiger partial charge < -0.3 is 20.0 Å². The van der Waals surface area contributed by atoms with E-state index in [-0.39, 0.29) is 0 Å². The number of hydrogen-bond acceptors (Lipinski definition) is 7. The second-order valence-corrected chi connectivity index (χ2v) is 6.84. The summed E-state index contributed by atoms with van der Waals surface area (Å²) in [6, 6.07) is 17.7. The van der Waals surface area contributed by atoms with Crippen molar-refractivity contribution in [3.05, 3.63) is 78.7 Å². The zero-order valence-corrected chi connectivity index (χ0v) is 16.3. The van der Waals surface area contributed by atoms with Gasteiger partial charge in [-0.25, -0.2) is 15.0 Å². The van der Waals surface area contributed by atoms with Gasteiger partial charge in [0.15, 0.2) is 12.2 Å². The Morgan fingerprint density at radius 2 is 1.93 bits per heavy atom. The molecule has 0 amide bonds. The number of fused-ring (bicyclic) bond motifs is 1. The first-order valence-corrected chi connectivity index (χ1v) is 9.52. The minimum absolute atomic E-state index is 0.511. The zero-order valence-electron chi connectivity index (χ0n) is 16.3. The maximum atomic E-state index is 5.37. The van der Waals surface area contributed by atoms with Crippen molar-refractivity contribution in [3.8, 4) is 11.3 Å². The number of H-pyrrole nitrogens is 1. The van der Waals surface area contributed by atoms with Gasteiger partial charge in [-0.15, -0.1) is 0 Å². The summed E-state index contributed by atoms with van der Waals surface area (Å²) in [7, 11) is 0. The molecule has 30 heavy (non-hydrogen) atoms. The van der Waals surface area contributed by atoms with Crippen molar-refractivity contribution in [1.82, 2.24) is 24.9 Å². The molecule has 2 aromatic carbocycles. The van der Waals surface area contributed by atoms with Crippen molar-refractivity contribution in [2.45, 2.75) is 13.5 Å². The Labute approximate surface area is 172 Å². The third-order valence-corrected chi connectivity index (χ3v) is 4.57. The highest BCUT2D eigenvalue weighted by Crippen LogP contribution is 2.24. The maximum absolute atomic E-state index is 5.37. The molecule has 0 radical (unpaired) electrons. The second kappa shape index (κ2) is 7.67. The first-order valence-electron chi connectivity index (χ1n) is 9.52. The predicted octanol–water partition coefficient (Wildman–Crippen LogP) is 4.67. The fraction of sp³-hybridized carbons (Fsp3) is 0.0909. The smallest absolute Gasteiger partial charge is 0.229 e. The number of para-hydroxylation sites is 2. The number of nitrogens with zero attached hydrogens (tertiary/aromatic N) is 4. The molecule has 0 atom stereocenters. The van der Waals surface area contributed by atoms with Crippen LogP contribution in [0.3, 0.4) is 0 Å². The van der Waals surface area contributed by atoms with E-state index in [1.54, 1.807) is 6.20 Å². The number of imidazole rings is 1. The standard InChI is InChI=1S/C22H19N7O/c1-14-9-20(24-12-21-27-17-7-2-3-8-18(17)28-21)29-22(25-14)26-16-6-4-5-15(10-16)19-11-23-13-30-19/h2-11,13H,12H2,1H3,(H,27,28)(H2,24,25,26,29). The normalized spacial score (nSPS) is 11.0. The number of oxazole rings is 1. The van der Waals surface area contributed by atoms with Crippen molar-refractivity contribution in [3.63, 3.8) is 0 Å². The maximum Gasteiger partial charge on any atom is 0.229 e. The topological polar surface area (TPSA) is 105 Å². The number of nitrogens with one attached hydrogen (secondary N) is 3. The Hall–Kier alpha value is -4.20. The molecular weight excluding hydrogens is 378 g/mol. The molecular formula is C22H19N7O. The van der Waals surface area contributed by atoms with Crippen LogP contribution >= 0.6 is 0 Å². The van der Waals surface area contributed by atoms with Crippen molar-refractivity contribution in [1.29, 1.82) is 0 Å². The first kappa shape index (κ1) is 17.9. The summed E-state index contributed by atoms with van der Waals surface area (Å²) in [4.78, 5) is 20.9. The van der Waals surface area contributed by atoms with Crippen molar-refractivity contribution < 1.29 is 4.42 Å². The van der Waals surface area contributed by atoms with Crippen LogP contribution < -0.4 is 10.6 Å². The van der Waals surface area contributed by atoms with E-state index in [1.165, 1.54) is 6.39 Å². The molecule has 5 rings (SSSR count). The number of aryl methyl sites for hydroxylation is 1. The Morgan fingerprint density at radius 1 is 1.00 bits per heavy atom. The molecule has 0 saturated carbocycles. The van der Waals surface area contributed by atoms with Gasteiger partial charge in [0.1, 0.15) is 11.6 Å². The minimum atomic E-state index is 0.511. The number of aromatic nitrogens is 5. The number of aromatic amines is 1. The Bertz CT molecular complexity index is 1260. The molecule has 0 saturated heterocycles. The summed E-state index contributed by atoms with van der Waals surface area (Å²) < 4.78 is 5.37.